The number of aromatic nitrogens is 2. The predicted molar refractivity (Wildman–Crippen MR) is 101 cm³/mol. The van der Waals surface area contributed by atoms with Gasteiger partial charge in [-0.3, -0.25) is 0 Å². The average Bonchev–Trinajstić information content (AvgIpc) is 3.08. The van der Waals surface area contributed by atoms with Crippen LogP contribution in [0.3, 0.4) is 0 Å². The minimum Gasteiger partial charge on any atom is -0.348 e. The Morgan fingerprint density at radius 2 is 1.67 bits per heavy atom. The van der Waals surface area contributed by atoms with Gasteiger partial charge in [0.1, 0.15) is 5.82 Å². The lowest BCUT2D eigenvalue weighted by molar-refractivity contribution is 0.667. The minimum absolute atomic E-state index is 0.847. The molecule has 0 radical (unpaired) electrons. The van der Waals surface area contributed by atoms with Crippen LogP contribution in [0.1, 0.15) is 49.6 Å². The first kappa shape index (κ1) is 16.5. The van der Waals surface area contributed by atoms with Gasteiger partial charge in [-0.1, -0.05) is 80.8 Å². The first-order valence-corrected chi connectivity index (χ1v) is 9.03. The van der Waals surface area contributed by atoms with Gasteiger partial charge in [-0.2, -0.15) is 0 Å². The molecule has 0 atom stereocenters. The highest BCUT2D eigenvalue weighted by atomic mass is 14.9. The highest BCUT2D eigenvalue weighted by Gasteiger charge is 2.09. The van der Waals surface area contributed by atoms with Crippen molar-refractivity contribution in [3.05, 3.63) is 77.7 Å². The highest BCUT2D eigenvalue weighted by Crippen LogP contribution is 2.24. The monoisotopic (exact) mass is 318 g/mol. The van der Waals surface area contributed by atoms with Crippen LogP contribution >= 0.6 is 0 Å². The number of nitrogens with one attached hydrogen (secondary N) is 1. The average molecular weight is 318 g/mol. The van der Waals surface area contributed by atoms with Gasteiger partial charge in [-0.25, -0.2) is 4.98 Å². The number of unbranched alkanes of at least 4 members (excludes halogenated alkanes) is 3. The molecule has 0 aliphatic rings. The Balaban J connectivity index is 1.72. The van der Waals surface area contributed by atoms with Gasteiger partial charge in [0.05, 0.1) is 5.69 Å². The van der Waals surface area contributed by atoms with E-state index in [-0.39, 0.29) is 0 Å². The van der Waals surface area contributed by atoms with Crippen LogP contribution in [0.4, 0.5) is 0 Å². The Labute approximate surface area is 145 Å². The van der Waals surface area contributed by atoms with Crippen LogP contribution in [0, 0.1) is 0 Å². The first-order chi connectivity index (χ1) is 11.9. The zero-order valence-corrected chi connectivity index (χ0v) is 14.5. The number of H-pyrrole nitrogens is 1. The van der Waals surface area contributed by atoms with Crippen molar-refractivity contribution in [3.8, 4) is 11.3 Å². The summed E-state index contributed by atoms with van der Waals surface area (Å²) in [5.74, 6) is 1.02. The lowest BCUT2D eigenvalue weighted by atomic mass is 9.99. The molecule has 0 unspecified atom stereocenters. The number of aromatic amines is 1. The van der Waals surface area contributed by atoms with E-state index in [0.29, 0.717) is 0 Å². The van der Waals surface area contributed by atoms with Gasteiger partial charge >= 0.3 is 0 Å². The molecule has 1 heterocycles. The number of aryl methyl sites for hydroxylation is 1. The van der Waals surface area contributed by atoms with Crippen LogP contribution in [0.15, 0.2) is 60.8 Å². The minimum atomic E-state index is 0.847. The molecule has 0 spiro atoms. The van der Waals surface area contributed by atoms with Crippen LogP contribution in [-0.4, -0.2) is 9.97 Å². The van der Waals surface area contributed by atoms with Crippen LogP contribution in [0.2, 0.25) is 0 Å². The standard InChI is InChI=1S/C22H26N2/c1-2-3-4-8-13-19-14-9-10-15-20(19)21-17-23-22(24-21)16-18-11-6-5-7-12-18/h5-7,9-12,14-15,17H,2-4,8,13,16H2,1H3,(H,23,24). The smallest absolute Gasteiger partial charge is 0.111 e. The van der Waals surface area contributed by atoms with Crippen molar-refractivity contribution >= 4 is 0 Å². The van der Waals surface area contributed by atoms with Crippen LogP contribution in [-0.2, 0) is 12.8 Å². The molecule has 0 bridgehead atoms. The molecule has 0 amide bonds. The molecule has 124 valence electrons. The molecule has 0 aliphatic heterocycles. The summed E-state index contributed by atoms with van der Waals surface area (Å²) in [7, 11) is 0. The number of hydrogen-bond acceptors (Lipinski definition) is 1. The maximum absolute atomic E-state index is 4.83. The van der Waals surface area contributed by atoms with Crippen molar-refractivity contribution in [2.45, 2.75) is 45.4 Å². The summed E-state index contributed by atoms with van der Waals surface area (Å²) in [6, 6.07) is 19.2. The third-order valence-corrected chi connectivity index (χ3v) is 4.44. The molecule has 0 saturated heterocycles. The highest BCUT2D eigenvalue weighted by molar-refractivity contribution is 5.63. The number of hydrogen-bond donors (Lipinski definition) is 1. The first-order valence-electron chi connectivity index (χ1n) is 9.03. The fourth-order valence-electron chi connectivity index (χ4n) is 3.11. The zero-order chi connectivity index (χ0) is 16.6. The van der Waals surface area contributed by atoms with Crippen molar-refractivity contribution in [3.63, 3.8) is 0 Å². The molecule has 3 aromatic rings. The molecule has 0 fully saturated rings. The molecule has 1 N–H and O–H groups in total. The molecule has 24 heavy (non-hydrogen) atoms. The zero-order valence-electron chi connectivity index (χ0n) is 14.5. The van der Waals surface area contributed by atoms with Gasteiger partial charge in [0.2, 0.25) is 0 Å². The SMILES string of the molecule is CCCCCCc1ccccc1-c1c[nH]c(Cc2ccccc2)n1. The van der Waals surface area contributed by atoms with Crippen molar-refractivity contribution < 1.29 is 0 Å². The van der Waals surface area contributed by atoms with Gasteiger partial charge in [-0.05, 0) is 24.0 Å². The normalized spacial score (nSPS) is 10.9. The van der Waals surface area contributed by atoms with E-state index in [2.05, 4.69) is 60.4 Å². The summed E-state index contributed by atoms with van der Waals surface area (Å²) in [6.45, 7) is 2.26. The number of benzene rings is 2. The maximum Gasteiger partial charge on any atom is 0.111 e. The van der Waals surface area contributed by atoms with Gasteiger partial charge < -0.3 is 4.98 Å². The number of nitrogens with zero attached hydrogens (tertiary/aromatic N) is 1. The van der Waals surface area contributed by atoms with E-state index in [1.165, 1.54) is 42.4 Å². The molecular formula is C22H26N2. The molecule has 2 nitrogen and oxygen atoms in total. The Morgan fingerprint density at radius 3 is 2.50 bits per heavy atom. The van der Waals surface area contributed by atoms with Crippen molar-refractivity contribution in [2.24, 2.45) is 0 Å². The summed E-state index contributed by atoms with van der Waals surface area (Å²) in [6.07, 6.45) is 9.20. The van der Waals surface area contributed by atoms with E-state index in [4.69, 9.17) is 4.98 Å². The fourth-order valence-corrected chi connectivity index (χ4v) is 3.11. The summed E-state index contributed by atoms with van der Waals surface area (Å²) >= 11 is 0. The summed E-state index contributed by atoms with van der Waals surface area (Å²) < 4.78 is 0. The summed E-state index contributed by atoms with van der Waals surface area (Å²) in [5.41, 5.74) is 5.02. The van der Waals surface area contributed by atoms with Crippen molar-refractivity contribution in [1.29, 1.82) is 0 Å². The van der Waals surface area contributed by atoms with E-state index in [1.54, 1.807) is 0 Å². The summed E-state index contributed by atoms with van der Waals surface area (Å²) in [4.78, 5) is 8.17. The molecule has 2 aromatic carbocycles. The topological polar surface area (TPSA) is 28.7 Å². The molecule has 0 aliphatic carbocycles. The lowest BCUT2D eigenvalue weighted by Gasteiger charge is -2.07. The molecule has 2 heteroatoms. The number of rotatable bonds is 8. The second-order valence-corrected chi connectivity index (χ2v) is 6.36. The molecule has 3 rings (SSSR count). The van der Waals surface area contributed by atoms with Gasteiger partial charge in [0.15, 0.2) is 0 Å². The van der Waals surface area contributed by atoms with Gasteiger partial charge in [0, 0.05) is 18.2 Å². The third-order valence-electron chi connectivity index (χ3n) is 4.44. The largest absolute Gasteiger partial charge is 0.348 e. The maximum atomic E-state index is 4.83. The number of imidazole rings is 1. The van der Waals surface area contributed by atoms with Gasteiger partial charge in [0.25, 0.3) is 0 Å². The second-order valence-electron chi connectivity index (χ2n) is 6.36. The van der Waals surface area contributed by atoms with E-state index < -0.39 is 0 Å². The molecule has 1 aromatic heterocycles. The van der Waals surface area contributed by atoms with Crippen LogP contribution < -0.4 is 0 Å². The van der Waals surface area contributed by atoms with E-state index >= 15 is 0 Å². The van der Waals surface area contributed by atoms with Crippen LogP contribution in [0.25, 0.3) is 11.3 Å². The summed E-state index contributed by atoms with van der Waals surface area (Å²) in [5, 5.41) is 0. The van der Waals surface area contributed by atoms with Crippen LogP contribution in [0.5, 0.6) is 0 Å². The van der Waals surface area contributed by atoms with Crippen molar-refractivity contribution in [2.75, 3.05) is 0 Å². The third kappa shape index (κ3) is 4.35. The van der Waals surface area contributed by atoms with E-state index in [9.17, 15) is 0 Å². The lowest BCUT2D eigenvalue weighted by Crippen LogP contribution is -1.92. The second kappa shape index (κ2) is 8.49. The fraction of sp³-hybridized carbons (Fsp3) is 0.318. The quantitative estimate of drug-likeness (QED) is 0.523. The van der Waals surface area contributed by atoms with Crippen molar-refractivity contribution in [1.82, 2.24) is 9.97 Å². The Bertz CT molecular complexity index is 743. The molecule has 0 saturated carbocycles. The Kier molecular flexibility index (Phi) is 5.84. The molecular weight excluding hydrogens is 292 g/mol. The van der Waals surface area contributed by atoms with E-state index in [0.717, 1.165) is 24.4 Å². The Morgan fingerprint density at radius 1 is 0.875 bits per heavy atom. The predicted octanol–water partition coefficient (Wildman–Crippen LogP) is 5.79. The van der Waals surface area contributed by atoms with E-state index in [1.807, 2.05) is 12.3 Å². The van der Waals surface area contributed by atoms with Gasteiger partial charge in [-0.15, -0.1) is 0 Å². The Hall–Kier alpha value is -2.35.